The predicted molar refractivity (Wildman–Crippen MR) is 198 cm³/mol. The molecule has 2 aromatic carbocycles. The molecule has 0 radical (unpaired) electrons. The first-order chi connectivity index (χ1) is 23.0. The van der Waals surface area contributed by atoms with Crippen LogP contribution in [-0.2, 0) is 12.8 Å². The number of rotatable bonds is 13. The number of hydrogen-bond donors (Lipinski definition) is 0. The van der Waals surface area contributed by atoms with E-state index >= 15 is 0 Å². The summed E-state index contributed by atoms with van der Waals surface area (Å²) in [4.78, 5) is 0. The molecule has 0 N–H and O–H groups in total. The zero-order valence-corrected chi connectivity index (χ0v) is 31.7. The molecule has 0 bridgehead atoms. The van der Waals surface area contributed by atoms with E-state index in [-0.39, 0.29) is 11.2 Å². The average Bonchev–Trinajstić information content (AvgIpc) is 3.02. The Kier molecular flexibility index (Phi) is 11.0. The molecule has 48 heavy (non-hydrogen) atoms. The fourth-order valence-corrected chi connectivity index (χ4v) is 9.98. The van der Waals surface area contributed by atoms with Crippen LogP contribution < -0.4 is 18.9 Å². The Morgan fingerprint density at radius 3 is 1.42 bits per heavy atom. The van der Waals surface area contributed by atoms with Gasteiger partial charge in [-0.2, -0.15) is 0 Å². The van der Waals surface area contributed by atoms with Gasteiger partial charge < -0.3 is 18.9 Å². The van der Waals surface area contributed by atoms with Crippen molar-refractivity contribution in [2.45, 2.75) is 168 Å². The van der Waals surface area contributed by atoms with Crippen LogP contribution in [0.5, 0.6) is 23.0 Å². The molecule has 4 heteroatoms. The summed E-state index contributed by atoms with van der Waals surface area (Å²) in [7, 11) is 0. The summed E-state index contributed by atoms with van der Waals surface area (Å²) in [5.74, 6) is 7.62. The average molecular weight is 659 g/mol. The van der Waals surface area contributed by atoms with Crippen molar-refractivity contribution in [2.75, 3.05) is 13.2 Å². The summed E-state index contributed by atoms with van der Waals surface area (Å²) < 4.78 is 27.3. The summed E-state index contributed by atoms with van der Waals surface area (Å²) >= 11 is 0. The van der Waals surface area contributed by atoms with Crippen LogP contribution in [0.1, 0.15) is 167 Å². The van der Waals surface area contributed by atoms with Gasteiger partial charge in [0.05, 0.1) is 0 Å². The number of unbranched alkanes of at least 4 members (excludes halogenated alkanes) is 4. The molecule has 2 saturated carbocycles. The Bertz CT molecular complexity index is 1290. The van der Waals surface area contributed by atoms with E-state index < -0.39 is 0 Å². The van der Waals surface area contributed by atoms with Crippen LogP contribution in [0, 0.1) is 23.7 Å². The van der Waals surface area contributed by atoms with E-state index in [1.807, 2.05) is 0 Å². The third kappa shape index (κ3) is 7.53. The largest absolute Gasteiger partial charge is 0.490 e. The standard InChI is InChI=1S/C44H66O4/c1-9-11-13-15-31-25-37(41-33-23-29(3)17-19-35(33)43(5,6)47-39(41)27-31)45-21-22-46-38-26-32(16-14-12-10-2)28-40-42(38)34-24-30(4)18-20-36(34)44(7,8)48-40/h25-30,33-36H,9-24H2,1-8H3/t29-,30-,33+,34+,35+,36+/m0/s1. The number of hydrogen-bond acceptors (Lipinski definition) is 4. The molecule has 2 heterocycles. The van der Waals surface area contributed by atoms with Crippen LogP contribution >= 0.6 is 0 Å². The van der Waals surface area contributed by atoms with Gasteiger partial charge in [0.2, 0.25) is 0 Å². The third-order valence-corrected chi connectivity index (χ3v) is 12.6. The summed E-state index contributed by atoms with van der Waals surface area (Å²) in [5.41, 5.74) is 4.98. The van der Waals surface area contributed by atoms with E-state index in [9.17, 15) is 0 Å². The van der Waals surface area contributed by atoms with Gasteiger partial charge in [0, 0.05) is 23.0 Å². The van der Waals surface area contributed by atoms with Crippen molar-refractivity contribution < 1.29 is 18.9 Å². The van der Waals surface area contributed by atoms with Crippen molar-refractivity contribution in [3.63, 3.8) is 0 Å². The Balaban J connectivity index is 1.26. The third-order valence-electron chi connectivity index (χ3n) is 12.6. The molecule has 2 fully saturated rings. The van der Waals surface area contributed by atoms with Crippen LogP contribution in [0.3, 0.4) is 0 Å². The maximum atomic E-state index is 6.85. The maximum Gasteiger partial charge on any atom is 0.127 e. The Morgan fingerprint density at radius 2 is 1.02 bits per heavy atom. The quantitative estimate of drug-likeness (QED) is 0.201. The molecule has 6 rings (SSSR count). The number of aryl methyl sites for hydroxylation is 2. The van der Waals surface area contributed by atoms with E-state index in [1.54, 1.807) is 0 Å². The van der Waals surface area contributed by atoms with Crippen molar-refractivity contribution in [2.24, 2.45) is 23.7 Å². The van der Waals surface area contributed by atoms with Crippen molar-refractivity contribution in [1.29, 1.82) is 0 Å². The molecular weight excluding hydrogens is 592 g/mol. The Morgan fingerprint density at radius 1 is 0.604 bits per heavy atom. The normalized spacial score (nSPS) is 28.2. The summed E-state index contributed by atoms with van der Waals surface area (Å²) in [6.45, 7) is 19.7. The van der Waals surface area contributed by atoms with E-state index in [1.165, 1.54) is 99.3 Å². The fraction of sp³-hybridized carbons (Fsp3) is 0.727. The number of fused-ring (bicyclic) bond motifs is 6. The van der Waals surface area contributed by atoms with Crippen molar-refractivity contribution in [1.82, 2.24) is 0 Å². The minimum absolute atomic E-state index is 0.160. The second-order valence-corrected chi connectivity index (χ2v) is 17.3. The van der Waals surface area contributed by atoms with Crippen LogP contribution in [0.15, 0.2) is 24.3 Å². The van der Waals surface area contributed by atoms with Crippen LogP contribution in [0.2, 0.25) is 0 Å². The first-order valence-electron chi connectivity index (χ1n) is 20.0. The lowest BCUT2D eigenvalue weighted by Crippen LogP contribution is -2.47. The number of benzene rings is 2. The highest BCUT2D eigenvalue weighted by atomic mass is 16.5. The molecule has 2 aliphatic heterocycles. The predicted octanol–water partition coefficient (Wildman–Crippen LogP) is 12.0. The molecule has 0 saturated heterocycles. The van der Waals surface area contributed by atoms with E-state index in [0.717, 1.165) is 47.7 Å². The molecule has 0 amide bonds. The molecule has 2 aliphatic carbocycles. The summed E-state index contributed by atoms with van der Waals surface area (Å²) in [6, 6.07) is 9.36. The van der Waals surface area contributed by atoms with E-state index in [4.69, 9.17) is 18.9 Å². The fourth-order valence-electron chi connectivity index (χ4n) is 9.98. The maximum absolute atomic E-state index is 6.85. The van der Waals surface area contributed by atoms with Crippen LogP contribution in [0.4, 0.5) is 0 Å². The minimum Gasteiger partial charge on any atom is -0.490 e. The Labute approximate surface area is 293 Å². The highest BCUT2D eigenvalue weighted by Gasteiger charge is 2.48. The smallest absolute Gasteiger partial charge is 0.127 e. The monoisotopic (exact) mass is 658 g/mol. The van der Waals surface area contributed by atoms with E-state index in [0.29, 0.717) is 36.9 Å². The molecule has 266 valence electrons. The number of ether oxygens (including phenoxy) is 4. The molecule has 6 atom stereocenters. The van der Waals surface area contributed by atoms with Gasteiger partial charge in [0.15, 0.2) is 0 Å². The van der Waals surface area contributed by atoms with Crippen molar-refractivity contribution >= 4 is 0 Å². The molecular formula is C44H66O4. The van der Waals surface area contributed by atoms with Gasteiger partial charge in [-0.3, -0.25) is 0 Å². The minimum atomic E-state index is -0.160. The SMILES string of the molecule is CCCCCc1cc(OCCOc2cc(CCCCC)cc3c2[C@@H]2C[C@@H](C)CC[C@H]2C(C)(C)O3)c2c(c1)OC(C)(C)[C@@H]1CC[C@H](C)C[C@@H]21. The van der Waals surface area contributed by atoms with Gasteiger partial charge >= 0.3 is 0 Å². The molecule has 2 aromatic rings. The molecule has 4 nitrogen and oxygen atoms in total. The van der Waals surface area contributed by atoms with Crippen LogP contribution in [-0.4, -0.2) is 24.4 Å². The summed E-state index contributed by atoms with van der Waals surface area (Å²) in [5, 5.41) is 0. The lowest BCUT2D eigenvalue weighted by atomic mass is 9.64. The molecule has 4 aliphatic rings. The van der Waals surface area contributed by atoms with E-state index in [2.05, 4.69) is 79.7 Å². The van der Waals surface area contributed by atoms with Gasteiger partial charge in [-0.25, -0.2) is 0 Å². The first-order valence-corrected chi connectivity index (χ1v) is 20.0. The second-order valence-electron chi connectivity index (χ2n) is 17.3. The Hall–Kier alpha value is -2.36. The molecule has 0 unspecified atom stereocenters. The second kappa shape index (κ2) is 14.9. The van der Waals surface area contributed by atoms with Crippen molar-refractivity contribution in [3.8, 4) is 23.0 Å². The lowest BCUT2D eigenvalue weighted by molar-refractivity contribution is -0.0157. The van der Waals surface area contributed by atoms with Crippen molar-refractivity contribution in [3.05, 3.63) is 46.5 Å². The highest BCUT2D eigenvalue weighted by molar-refractivity contribution is 5.54. The lowest BCUT2D eigenvalue weighted by Gasteiger charge is -2.49. The van der Waals surface area contributed by atoms with Gasteiger partial charge in [-0.15, -0.1) is 0 Å². The van der Waals surface area contributed by atoms with Crippen LogP contribution in [0.25, 0.3) is 0 Å². The van der Waals surface area contributed by atoms with Gasteiger partial charge in [0.25, 0.3) is 0 Å². The molecule has 0 aromatic heterocycles. The highest BCUT2D eigenvalue weighted by Crippen LogP contribution is 2.57. The topological polar surface area (TPSA) is 36.9 Å². The zero-order chi connectivity index (χ0) is 34.1. The first kappa shape index (κ1) is 35.5. The zero-order valence-electron chi connectivity index (χ0n) is 31.7. The molecule has 0 spiro atoms. The van der Waals surface area contributed by atoms with Gasteiger partial charge in [0.1, 0.15) is 47.4 Å². The van der Waals surface area contributed by atoms with Gasteiger partial charge in [-0.1, -0.05) is 66.2 Å². The summed E-state index contributed by atoms with van der Waals surface area (Å²) in [6.07, 6.45) is 16.9. The van der Waals surface area contributed by atoms with Gasteiger partial charge in [-0.05, 0) is 138 Å².